The van der Waals surface area contributed by atoms with Gasteiger partial charge in [0.05, 0.1) is 11.0 Å². The first-order valence-corrected chi connectivity index (χ1v) is 19.5. The van der Waals surface area contributed by atoms with E-state index in [1.165, 1.54) is 104 Å². The molecule has 55 heavy (non-hydrogen) atoms. The molecule has 0 atom stereocenters. The van der Waals surface area contributed by atoms with Crippen LogP contribution in [0, 0.1) is 0 Å². The Kier molecular flexibility index (Phi) is 8.84. The molecule has 0 saturated heterocycles. The molecule has 0 bridgehead atoms. The summed E-state index contributed by atoms with van der Waals surface area (Å²) in [6.07, 6.45) is 4.00. The molecule has 0 fully saturated rings. The van der Waals surface area contributed by atoms with E-state index in [4.69, 9.17) is 0 Å². The fourth-order valence-electron chi connectivity index (χ4n) is 8.58. The first kappa shape index (κ1) is 34.1. The minimum atomic E-state index is 1.17. The monoisotopic (exact) mass is 705 g/mol. The Morgan fingerprint density at radius 2 is 0.855 bits per heavy atom. The maximum Gasteiger partial charge on any atom is 0.0541 e. The zero-order valence-electron chi connectivity index (χ0n) is 31.8. The van der Waals surface area contributed by atoms with Gasteiger partial charge in [0, 0.05) is 16.5 Å². The van der Waals surface area contributed by atoms with Gasteiger partial charge < -0.3 is 4.57 Å². The Labute approximate surface area is 322 Å². The smallest absolute Gasteiger partial charge is 0.0541 e. The Hall–Kier alpha value is -6.70. The molecule has 11 rings (SSSR count). The van der Waals surface area contributed by atoms with E-state index in [1.807, 2.05) is 39.8 Å². The topological polar surface area (TPSA) is 4.93 Å². The van der Waals surface area contributed by atoms with E-state index in [2.05, 4.69) is 180 Å². The third kappa shape index (κ3) is 5.55. The van der Waals surface area contributed by atoms with Crippen molar-refractivity contribution in [1.29, 1.82) is 0 Å². The summed E-state index contributed by atoms with van der Waals surface area (Å²) in [6, 6.07) is 65.1. The van der Waals surface area contributed by atoms with Crippen molar-refractivity contribution < 1.29 is 0 Å². The summed E-state index contributed by atoms with van der Waals surface area (Å²) in [5, 5.41) is 15.5. The molecule has 0 radical (unpaired) electrons. The normalized spacial score (nSPS) is 11.6. The van der Waals surface area contributed by atoms with Crippen LogP contribution in [0.3, 0.4) is 0 Å². The SMILES string of the molecule is C/C=C\C.CC.c1cc(-c2ccc3ccc4c(-c5cc6ccccc6c6ccccc56)ccc5ccc2c3c54)cc(-n2c3ccccc3c3ccccc32)c1. The number of rotatable bonds is 3. The molecule has 1 heterocycles. The van der Waals surface area contributed by atoms with E-state index >= 15 is 0 Å². The van der Waals surface area contributed by atoms with Gasteiger partial charge in [-0.25, -0.2) is 0 Å². The number of hydrogen-bond acceptors (Lipinski definition) is 0. The highest BCUT2D eigenvalue weighted by molar-refractivity contribution is 6.29. The first-order chi connectivity index (χ1) is 27.2. The summed E-state index contributed by atoms with van der Waals surface area (Å²) in [6.45, 7) is 8.00. The van der Waals surface area contributed by atoms with Gasteiger partial charge in [0.1, 0.15) is 0 Å². The molecule has 0 amide bonds. The van der Waals surface area contributed by atoms with Gasteiger partial charge in [-0.2, -0.15) is 0 Å². The van der Waals surface area contributed by atoms with Gasteiger partial charge in [0.2, 0.25) is 0 Å². The van der Waals surface area contributed by atoms with E-state index in [0.29, 0.717) is 0 Å². The lowest BCUT2D eigenvalue weighted by molar-refractivity contribution is 1.18. The summed E-state index contributed by atoms with van der Waals surface area (Å²) in [5.74, 6) is 0. The molecule has 10 aromatic carbocycles. The number of benzene rings is 10. The molecule has 0 spiro atoms. The fourth-order valence-corrected chi connectivity index (χ4v) is 8.58. The van der Waals surface area contributed by atoms with E-state index < -0.39 is 0 Å². The van der Waals surface area contributed by atoms with E-state index in [0.717, 1.165) is 0 Å². The highest BCUT2D eigenvalue weighted by Gasteiger charge is 2.18. The van der Waals surface area contributed by atoms with Gasteiger partial charge in [-0.15, -0.1) is 0 Å². The Balaban J connectivity index is 0.000000624. The van der Waals surface area contributed by atoms with E-state index in [-0.39, 0.29) is 0 Å². The van der Waals surface area contributed by atoms with Crippen LogP contribution in [0.4, 0.5) is 0 Å². The number of para-hydroxylation sites is 2. The first-order valence-electron chi connectivity index (χ1n) is 19.5. The maximum atomic E-state index is 2.41. The van der Waals surface area contributed by atoms with Crippen LogP contribution in [-0.2, 0) is 0 Å². The molecule has 0 N–H and O–H groups in total. The molecule has 1 nitrogen and oxygen atoms in total. The van der Waals surface area contributed by atoms with Crippen molar-refractivity contribution in [3.8, 4) is 27.9 Å². The third-order valence-corrected chi connectivity index (χ3v) is 11.1. The van der Waals surface area contributed by atoms with Crippen molar-refractivity contribution in [1.82, 2.24) is 4.57 Å². The minimum Gasteiger partial charge on any atom is -0.309 e. The predicted octanol–water partition coefficient (Wildman–Crippen LogP) is 15.9. The van der Waals surface area contributed by atoms with E-state index in [1.54, 1.807) is 0 Å². The van der Waals surface area contributed by atoms with Gasteiger partial charge in [-0.1, -0.05) is 172 Å². The largest absolute Gasteiger partial charge is 0.309 e. The Bertz CT molecular complexity index is 3140. The van der Waals surface area contributed by atoms with Crippen LogP contribution in [0.1, 0.15) is 27.7 Å². The van der Waals surface area contributed by atoms with Crippen LogP contribution in [-0.4, -0.2) is 4.57 Å². The summed E-state index contributed by atoms with van der Waals surface area (Å²) in [5.41, 5.74) is 8.67. The standard InChI is InChI=1S/C48H29N.C4H8.C2H6/c1-2-13-35-33(10-1)29-44(38-15-4-3-14-37(35)38)39-25-21-31-22-26-42-36(24-20-30-23-27-43(39)48(31)47(30)42)32-11-9-12-34(28-32)49-45-18-7-5-16-40(45)41-17-6-8-19-46(41)49;1-3-4-2;1-2/h1-29H;3-4H,1-2H3;1-2H3/b;4-3-;. The van der Waals surface area contributed by atoms with Crippen LogP contribution in [0.15, 0.2) is 188 Å². The van der Waals surface area contributed by atoms with Crippen LogP contribution in [0.25, 0.3) is 104 Å². The average Bonchev–Trinajstić information content (AvgIpc) is 3.60. The molecular formula is C54H43N. The number of fused-ring (bicyclic) bond motifs is 6. The minimum absolute atomic E-state index is 1.17. The lowest BCUT2D eigenvalue weighted by atomic mass is 9.85. The molecule has 1 aromatic heterocycles. The van der Waals surface area contributed by atoms with Gasteiger partial charge in [-0.3, -0.25) is 0 Å². The van der Waals surface area contributed by atoms with Gasteiger partial charge >= 0.3 is 0 Å². The molecule has 0 aliphatic rings. The zero-order chi connectivity index (χ0) is 37.5. The lowest BCUT2D eigenvalue weighted by Gasteiger charge is -2.18. The van der Waals surface area contributed by atoms with Crippen LogP contribution < -0.4 is 0 Å². The number of nitrogens with zero attached hydrogens (tertiary/aromatic N) is 1. The Morgan fingerprint density at radius 3 is 1.49 bits per heavy atom. The number of allylic oxidation sites excluding steroid dienone is 2. The highest BCUT2D eigenvalue weighted by atomic mass is 15.0. The van der Waals surface area contributed by atoms with E-state index in [9.17, 15) is 0 Å². The second kappa shape index (κ2) is 14.3. The van der Waals surface area contributed by atoms with Crippen molar-refractivity contribution in [2.45, 2.75) is 27.7 Å². The molecule has 1 heteroatoms. The summed E-state index contributed by atoms with van der Waals surface area (Å²) < 4.78 is 2.41. The van der Waals surface area contributed by atoms with Gasteiger partial charge in [-0.05, 0) is 120 Å². The number of aromatic nitrogens is 1. The second-order valence-corrected chi connectivity index (χ2v) is 13.9. The van der Waals surface area contributed by atoms with Crippen molar-refractivity contribution in [3.05, 3.63) is 188 Å². The zero-order valence-corrected chi connectivity index (χ0v) is 31.8. The van der Waals surface area contributed by atoms with Gasteiger partial charge in [0.15, 0.2) is 0 Å². The van der Waals surface area contributed by atoms with Crippen molar-refractivity contribution >= 4 is 75.7 Å². The van der Waals surface area contributed by atoms with Crippen LogP contribution >= 0.6 is 0 Å². The van der Waals surface area contributed by atoms with Gasteiger partial charge in [0.25, 0.3) is 0 Å². The summed E-state index contributed by atoms with van der Waals surface area (Å²) >= 11 is 0. The van der Waals surface area contributed by atoms with Crippen molar-refractivity contribution in [2.75, 3.05) is 0 Å². The molecule has 11 aromatic rings. The van der Waals surface area contributed by atoms with Crippen LogP contribution in [0.2, 0.25) is 0 Å². The van der Waals surface area contributed by atoms with Crippen LogP contribution in [0.5, 0.6) is 0 Å². The summed E-state index contributed by atoms with van der Waals surface area (Å²) in [4.78, 5) is 0. The Morgan fingerprint density at radius 1 is 0.345 bits per heavy atom. The highest BCUT2D eigenvalue weighted by Crippen LogP contribution is 2.45. The molecule has 0 unspecified atom stereocenters. The predicted molar refractivity (Wildman–Crippen MR) is 242 cm³/mol. The molecular weight excluding hydrogens is 663 g/mol. The third-order valence-electron chi connectivity index (χ3n) is 11.1. The molecule has 264 valence electrons. The molecule has 0 aliphatic carbocycles. The fraction of sp³-hybridized carbons (Fsp3) is 0.0741. The summed E-state index contributed by atoms with van der Waals surface area (Å²) in [7, 11) is 0. The average molecular weight is 706 g/mol. The second-order valence-electron chi connectivity index (χ2n) is 13.9. The number of hydrogen-bond donors (Lipinski definition) is 0. The lowest BCUT2D eigenvalue weighted by Crippen LogP contribution is -1.94. The maximum absolute atomic E-state index is 2.41. The molecule has 0 aliphatic heterocycles. The quantitative estimate of drug-likeness (QED) is 0.127. The molecule has 0 saturated carbocycles. The van der Waals surface area contributed by atoms with Crippen molar-refractivity contribution in [2.24, 2.45) is 0 Å². The van der Waals surface area contributed by atoms with Crippen molar-refractivity contribution in [3.63, 3.8) is 0 Å².